The molecule has 1 aromatic carbocycles. The van der Waals surface area contributed by atoms with Crippen molar-refractivity contribution in [2.75, 3.05) is 0 Å². The van der Waals surface area contributed by atoms with Crippen molar-refractivity contribution in [3.63, 3.8) is 0 Å². The van der Waals surface area contributed by atoms with Crippen LogP contribution in [0.15, 0.2) is 30.3 Å². The van der Waals surface area contributed by atoms with Crippen LogP contribution in [0.4, 0.5) is 0 Å². The van der Waals surface area contributed by atoms with Gasteiger partial charge in [0.05, 0.1) is 17.8 Å². The minimum atomic E-state index is -0.218. The Morgan fingerprint density at radius 1 is 1.19 bits per heavy atom. The van der Waals surface area contributed by atoms with E-state index in [1.54, 1.807) is 12.1 Å². The molecule has 1 aliphatic carbocycles. The number of fused-ring (bicyclic) bond motifs is 1. The van der Waals surface area contributed by atoms with E-state index in [1.165, 1.54) is 0 Å². The van der Waals surface area contributed by atoms with Crippen molar-refractivity contribution >= 4 is 5.97 Å². The van der Waals surface area contributed by atoms with Crippen LogP contribution in [0.2, 0.25) is 0 Å². The molecule has 16 heavy (non-hydrogen) atoms. The molecule has 0 amide bonds. The van der Waals surface area contributed by atoms with Crippen LogP contribution in [0.1, 0.15) is 29.6 Å². The Hall–Kier alpha value is -1.35. The van der Waals surface area contributed by atoms with Crippen LogP contribution in [0.5, 0.6) is 0 Å². The maximum atomic E-state index is 11.8. The second-order valence-corrected chi connectivity index (χ2v) is 4.42. The van der Waals surface area contributed by atoms with Crippen molar-refractivity contribution in [1.29, 1.82) is 0 Å². The molecule has 0 spiro atoms. The first kappa shape index (κ1) is 9.85. The lowest BCUT2D eigenvalue weighted by molar-refractivity contribution is 0.0230. The predicted molar refractivity (Wildman–Crippen MR) is 58.2 cm³/mol. The summed E-state index contributed by atoms with van der Waals surface area (Å²) in [5, 5.41) is 0. The summed E-state index contributed by atoms with van der Waals surface area (Å²) in [4.78, 5) is 11.8. The molecular weight excluding hydrogens is 204 g/mol. The third-order valence-corrected chi connectivity index (χ3v) is 3.24. The summed E-state index contributed by atoms with van der Waals surface area (Å²) in [6.45, 7) is 0. The second-order valence-electron chi connectivity index (χ2n) is 4.42. The highest BCUT2D eigenvalue weighted by Crippen LogP contribution is 2.37. The molecule has 0 aromatic heterocycles. The van der Waals surface area contributed by atoms with Gasteiger partial charge in [-0.3, -0.25) is 0 Å². The van der Waals surface area contributed by atoms with Gasteiger partial charge in [-0.1, -0.05) is 18.2 Å². The largest absolute Gasteiger partial charge is 0.459 e. The Morgan fingerprint density at radius 2 is 2.00 bits per heavy atom. The summed E-state index contributed by atoms with van der Waals surface area (Å²) in [5.41, 5.74) is 0.626. The smallest absolute Gasteiger partial charge is 0.338 e. The van der Waals surface area contributed by atoms with Gasteiger partial charge in [-0.25, -0.2) is 4.79 Å². The molecule has 0 radical (unpaired) electrons. The monoisotopic (exact) mass is 218 g/mol. The average molecular weight is 218 g/mol. The Kier molecular flexibility index (Phi) is 2.40. The number of epoxide rings is 1. The number of benzene rings is 1. The van der Waals surface area contributed by atoms with Crippen LogP contribution in [0.3, 0.4) is 0 Å². The fraction of sp³-hybridized carbons (Fsp3) is 0.462. The molecule has 3 nitrogen and oxygen atoms in total. The number of ether oxygens (including phenoxy) is 2. The van der Waals surface area contributed by atoms with Crippen molar-refractivity contribution in [2.45, 2.75) is 37.6 Å². The molecule has 2 fully saturated rings. The van der Waals surface area contributed by atoms with Gasteiger partial charge in [-0.2, -0.15) is 0 Å². The molecule has 2 aliphatic rings. The molecule has 1 aliphatic heterocycles. The molecule has 1 saturated carbocycles. The van der Waals surface area contributed by atoms with Crippen molar-refractivity contribution in [3.05, 3.63) is 35.9 Å². The second kappa shape index (κ2) is 3.91. The first-order chi connectivity index (χ1) is 7.83. The van der Waals surface area contributed by atoms with E-state index in [4.69, 9.17) is 9.47 Å². The average Bonchev–Trinajstić information content (AvgIpc) is 3.08. The van der Waals surface area contributed by atoms with Crippen LogP contribution in [0, 0.1) is 0 Å². The summed E-state index contributed by atoms with van der Waals surface area (Å²) >= 11 is 0. The molecule has 84 valence electrons. The minimum Gasteiger partial charge on any atom is -0.459 e. The molecule has 0 bridgehead atoms. The maximum absolute atomic E-state index is 11.8. The lowest BCUT2D eigenvalue weighted by Gasteiger charge is -2.19. The van der Waals surface area contributed by atoms with Gasteiger partial charge in [0.25, 0.3) is 0 Å². The zero-order valence-corrected chi connectivity index (χ0v) is 8.96. The van der Waals surface area contributed by atoms with Crippen molar-refractivity contribution in [1.82, 2.24) is 0 Å². The Bertz CT molecular complexity index is 387. The molecule has 3 heteroatoms. The lowest BCUT2D eigenvalue weighted by Crippen LogP contribution is -2.24. The molecular formula is C13H14O3. The number of carbonyl (C=O) groups is 1. The summed E-state index contributed by atoms with van der Waals surface area (Å²) in [7, 11) is 0. The van der Waals surface area contributed by atoms with Crippen LogP contribution in [-0.2, 0) is 9.47 Å². The van der Waals surface area contributed by atoms with E-state index < -0.39 is 0 Å². The highest BCUT2D eigenvalue weighted by molar-refractivity contribution is 5.89. The molecule has 1 aromatic rings. The topological polar surface area (TPSA) is 38.8 Å². The van der Waals surface area contributed by atoms with Gasteiger partial charge >= 0.3 is 5.97 Å². The predicted octanol–water partition coefficient (Wildman–Crippen LogP) is 2.16. The van der Waals surface area contributed by atoms with Crippen molar-refractivity contribution in [3.8, 4) is 0 Å². The summed E-state index contributed by atoms with van der Waals surface area (Å²) in [6, 6.07) is 9.14. The van der Waals surface area contributed by atoms with E-state index in [1.807, 2.05) is 18.2 Å². The summed E-state index contributed by atoms with van der Waals surface area (Å²) in [6.07, 6.45) is 3.66. The van der Waals surface area contributed by atoms with E-state index in [0.717, 1.165) is 19.3 Å². The summed E-state index contributed by atoms with van der Waals surface area (Å²) < 4.78 is 10.9. The normalized spacial score (nSPS) is 31.6. The van der Waals surface area contributed by atoms with Crippen LogP contribution >= 0.6 is 0 Å². The van der Waals surface area contributed by atoms with Crippen molar-refractivity contribution < 1.29 is 14.3 Å². The van der Waals surface area contributed by atoms with Crippen LogP contribution in [0.25, 0.3) is 0 Å². The zero-order valence-electron chi connectivity index (χ0n) is 8.96. The third kappa shape index (κ3) is 1.95. The molecule has 0 N–H and O–H groups in total. The van der Waals surface area contributed by atoms with Crippen LogP contribution < -0.4 is 0 Å². The van der Waals surface area contributed by atoms with Gasteiger partial charge in [0.15, 0.2) is 0 Å². The quantitative estimate of drug-likeness (QED) is 0.564. The van der Waals surface area contributed by atoms with Gasteiger partial charge in [0.1, 0.15) is 6.10 Å². The Balaban J connectivity index is 1.60. The van der Waals surface area contributed by atoms with E-state index in [9.17, 15) is 4.79 Å². The van der Waals surface area contributed by atoms with E-state index >= 15 is 0 Å². The third-order valence-electron chi connectivity index (χ3n) is 3.24. The highest BCUT2D eigenvalue weighted by atomic mass is 16.6. The fourth-order valence-electron chi connectivity index (χ4n) is 2.27. The Morgan fingerprint density at radius 3 is 2.75 bits per heavy atom. The number of hydrogen-bond donors (Lipinski definition) is 0. The summed E-state index contributed by atoms with van der Waals surface area (Å²) in [5.74, 6) is -0.218. The standard InChI is InChI=1S/C13H14O3/c14-13(9-4-2-1-3-5-9)15-10-6-7-11-12(8-10)16-11/h1-5,10-12H,6-8H2. The molecule has 1 saturated heterocycles. The zero-order chi connectivity index (χ0) is 11.0. The maximum Gasteiger partial charge on any atom is 0.338 e. The Labute approximate surface area is 94.4 Å². The van der Waals surface area contributed by atoms with Gasteiger partial charge in [-0.15, -0.1) is 0 Å². The highest BCUT2D eigenvalue weighted by Gasteiger charge is 2.45. The van der Waals surface area contributed by atoms with Gasteiger partial charge in [0, 0.05) is 6.42 Å². The first-order valence-electron chi connectivity index (χ1n) is 5.74. The van der Waals surface area contributed by atoms with Gasteiger partial charge < -0.3 is 9.47 Å². The fourth-order valence-corrected chi connectivity index (χ4v) is 2.27. The molecule has 3 unspecified atom stereocenters. The number of hydrogen-bond acceptors (Lipinski definition) is 3. The number of carbonyl (C=O) groups excluding carboxylic acids is 1. The van der Waals surface area contributed by atoms with Gasteiger partial charge in [-0.05, 0) is 25.0 Å². The first-order valence-corrected chi connectivity index (χ1v) is 5.74. The van der Waals surface area contributed by atoms with Crippen molar-refractivity contribution in [2.24, 2.45) is 0 Å². The SMILES string of the molecule is O=C(OC1CCC2OC2C1)c1ccccc1. The van der Waals surface area contributed by atoms with E-state index in [2.05, 4.69) is 0 Å². The minimum absolute atomic E-state index is 0.0384. The number of rotatable bonds is 2. The molecule has 3 rings (SSSR count). The van der Waals surface area contributed by atoms with Crippen LogP contribution in [-0.4, -0.2) is 24.3 Å². The van der Waals surface area contributed by atoms with E-state index in [-0.39, 0.29) is 12.1 Å². The molecule has 1 heterocycles. The lowest BCUT2D eigenvalue weighted by atomic mass is 9.98. The van der Waals surface area contributed by atoms with E-state index in [0.29, 0.717) is 17.8 Å². The number of esters is 1. The molecule has 3 atom stereocenters. The van der Waals surface area contributed by atoms with Gasteiger partial charge in [0.2, 0.25) is 0 Å².